The molecule has 0 aromatic heterocycles. The predicted octanol–water partition coefficient (Wildman–Crippen LogP) is 4.69. The average Bonchev–Trinajstić information content (AvgIpc) is 2.69. The van der Waals surface area contributed by atoms with Gasteiger partial charge in [0.25, 0.3) is 5.91 Å². The summed E-state index contributed by atoms with van der Waals surface area (Å²) in [6, 6.07) is 13.0. The molecule has 1 saturated heterocycles. The Kier molecular flexibility index (Phi) is 6.58. The molecule has 0 bridgehead atoms. The van der Waals surface area contributed by atoms with Crippen LogP contribution in [-0.4, -0.2) is 25.6 Å². The minimum atomic E-state index is -0.166. The Morgan fingerprint density at radius 3 is 2.70 bits per heavy atom. The first-order valence-electron chi connectivity index (χ1n) is 9.86. The van der Waals surface area contributed by atoms with Crippen molar-refractivity contribution in [3.8, 4) is 5.75 Å². The van der Waals surface area contributed by atoms with Crippen LogP contribution in [0.2, 0.25) is 0 Å². The van der Waals surface area contributed by atoms with E-state index in [0.717, 1.165) is 37.4 Å². The monoisotopic (exact) mass is 367 g/mol. The third-order valence-electron chi connectivity index (χ3n) is 4.84. The predicted molar refractivity (Wildman–Crippen MR) is 112 cm³/mol. The van der Waals surface area contributed by atoms with Crippen LogP contribution in [0, 0.1) is 0 Å². The molecule has 5 nitrogen and oxygen atoms in total. The fourth-order valence-electron chi connectivity index (χ4n) is 3.32. The number of nitrogens with zero attached hydrogens (tertiary/aromatic N) is 1. The molecule has 0 unspecified atom stereocenters. The van der Waals surface area contributed by atoms with Gasteiger partial charge in [-0.05, 0) is 62.1 Å². The van der Waals surface area contributed by atoms with Crippen LogP contribution < -0.4 is 20.7 Å². The van der Waals surface area contributed by atoms with E-state index in [9.17, 15) is 4.79 Å². The normalized spacial score (nSPS) is 14.0. The van der Waals surface area contributed by atoms with Crippen LogP contribution >= 0.6 is 0 Å². The van der Waals surface area contributed by atoms with Gasteiger partial charge in [-0.1, -0.05) is 19.4 Å². The molecule has 2 aromatic carbocycles. The number of carbonyl (C=O) groups is 1. The summed E-state index contributed by atoms with van der Waals surface area (Å²) >= 11 is 0. The Labute approximate surface area is 161 Å². The van der Waals surface area contributed by atoms with Crippen molar-refractivity contribution in [1.82, 2.24) is 0 Å². The highest BCUT2D eigenvalue weighted by Gasteiger charge is 2.14. The van der Waals surface area contributed by atoms with Crippen molar-refractivity contribution in [3.05, 3.63) is 48.0 Å². The van der Waals surface area contributed by atoms with Crippen LogP contribution in [0.25, 0.3) is 0 Å². The number of carbonyl (C=O) groups excluding carboxylic acids is 1. The van der Waals surface area contributed by atoms with Crippen molar-refractivity contribution in [2.24, 2.45) is 0 Å². The maximum Gasteiger partial charge on any atom is 0.255 e. The molecule has 0 spiro atoms. The number of nitrogens with two attached hydrogens (primary N) is 1. The third-order valence-corrected chi connectivity index (χ3v) is 4.84. The number of nitrogen functional groups attached to an aromatic ring is 1. The van der Waals surface area contributed by atoms with Gasteiger partial charge in [-0.2, -0.15) is 0 Å². The lowest BCUT2D eigenvalue weighted by Crippen LogP contribution is -2.30. The Balaban J connectivity index is 1.65. The second kappa shape index (κ2) is 9.31. The molecule has 27 heavy (non-hydrogen) atoms. The van der Waals surface area contributed by atoms with Crippen molar-refractivity contribution in [3.63, 3.8) is 0 Å². The van der Waals surface area contributed by atoms with Gasteiger partial charge in [0.05, 0.1) is 18.0 Å². The lowest BCUT2D eigenvalue weighted by Gasteiger charge is -2.30. The third kappa shape index (κ3) is 5.16. The van der Waals surface area contributed by atoms with Gasteiger partial charge in [0.2, 0.25) is 0 Å². The Morgan fingerprint density at radius 1 is 1.15 bits per heavy atom. The Hall–Kier alpha value is -2.69. The van der Waals surface area contributed by atoms with Gasteiger partial charge >= 0.3 is 0 Å². The molecule has 1 aliphatic rings. The van der Waals surface area contributed by atoms with E-state index >= 15 is 0 Å². The Morgan fingerprint density at radius 2 is 1.96 bits per heavy atom. The average molecular weight is 367 g/mol. The zero-order chi connectivity index (χ0) is 19.1. The number of amides is 1. The molecular formula is C22H29N3O2. The number of anilines is 3. The smallest absolute Gasteiger partial charge is 0.255 e. The zero-order valence-corrected chi connectivity index (χ0v) is 16.0. The molecule has 144 valence electrons. The van der Waals surface area contributed by atoms with Gasteiger partial charge < -0.3 is 20.7 Å². The minimum absolute atomic E-state index is 0.166. The molecular weight excluding hydrogens is 338 g/mol. The fraction of sp³-hybridized carbons (Fsp3) is 0.409. The highest BCUT2D eigenvalue weighted by Crippen LogP contribution is 2.29. The van der Waals surface area contributed by atoms with Gasteiger partial charge in [0.15, 0.2) is 0 Å². The van der Waals surface area contributed by atoms with Gasteiger partial charge in [-0.25, -0.2) is 0 Å². The minimum Gasteiger partial charge on any atom is -0.494 e. The quantitative estimate of drug-likeness (QED) is 0.550. The number of unbranched alkanes of at least 4 members (excludes halogenated alkanes) is 1. The molecule has 0 radical (unpaired) electrons. The number of piperidine rings is 1. The molecule has 1 amide bonds. The number of nitrogens with one attached hydrogen (secondary N) is 1. The van der Waals surface area contributed by atoms with Gasteiger partial charge in [-0.3, -0.25) is 4.79 Å². The molecule has 1 aliphatic heterocycles. The van der Waals surface area contributed by atoms with Crippen LogP contribution in [0.1, 0.15) is 49.4 Å². The number of hydrogen-bond donors (Lipinski definition) is 2. The zero-order valence-electron chi connectivity index (χ0n) is 16.0. The van der Waals surface area contributed by atoms with Gasteiger partial charge in [-0.15, -0.1) is 0 Å². The van der Waals surface area contributed by atoms with E-state index in [-0.39, 0.29) is 5.91 Å². The molecule has 3 N–H and O–H groups in total. The summed E-state index contributed by atoms with van der Waals surface area (Å²) in [4.78, 5) is 14.9. The molecule has 1 heterocycles. The summed E-state index contributed by atoms with van der Waals surface area (Å²) in [5, 5.41) is 2.93. The second-order valence-electron chi connectivity index (χ2n) is 7.01. The van der Waals surface area contributed by atoms with Crippen molar-refractivity contribution < 1.29 is 9.53 Å². The van der Waals surface area contributed by atoms with E-state index in [1.165, 1.54) is 19.3 Å². The van der Waals surface area contributed by atoms with Crippen molar-refractivity contribution >= 4 is 23.0 Å². The van der Waals surface area contributed by atoms with Crippen LogP contribution in [0.4, 0.5) is 17.1 Å². The van der Waals surface area contributed by atoms with E-state index in [0.29, 0.717) is 23.5 Å². The van der Waals surface area contributed by atoms with Crippen LogP contribution in [0.15, 0.2) is 42.5 Å². The number of benzene rings is 2. The summed E-state index contributed by atoms with van der Waals surface area (Å²) in [6.07, 6.45) is 5.77. The molecule has 5 heteroatoms. The summed E-state index contributed by atoms with van der Waals surface area (Å²) < 4.78 is 5.68. The van der Waals surface area contributed by atoms with E-state index < -0.39 is 0 Å². The lowest BCUT2D eigenvalue weighted by molar-refractivity contribution is 0.102. The molecule has 2 aromatic rings. The fourth-order valence-corrected chi connectivity index (χ4v) is 3.32. The second-order valence-corrected chi connectivity index (χ2v) is 7.01. The van der Waals surface area contributed by atoms with Crippen molar-refractivity contribution in [2.75, 3.05) is 35.6 Å². The van der Waals surface area contributed by atoms with Gasteiger partial charge in [0.1, 0.15) is 5.75 Å². The van der Waals surface area contributed by atoms with Crippen molar-refractivity contribution in [2.45, 2.75) is 39.0 Å². The van der Waals surface area contributed by atoms with E-state index in [4.69, 9.17) is 10.5 Å². The van der Waals surface area contributed by atoms with E-state index in [1.807, 2.05) is 30.3 Å². The van der Waals surface area contributed by atoms with Crippen molar-refractivity contribution in [1.29, 1.82) is 0 Å². The standard InChI is InChI=1S/C22H29N3O2/c1-2-3-14-27-19-9-7-8-17(15-19)22(26)24-18-10-11-21(20(23)16-18)25-12-5-4-6-13-25/h7-11,15-16H,2-6,12-14,23H2,1H3,(H,24,26). The number of hydrogen-bond acceptors (Lipinski definition) is 4. The van der Waals surface area contributed by atoms with Crippen LogP contribution in [0.5, 0.6) is 5.75 Å². The molecule has 0 atom stereocenters. The molecule has 1 fully saturated rings. The van der Waals surface area contributed by atoms with E-state index in [1.54, 1.807) is 12.1 Å². The summed E-state index contributed by atoms with van der Waals surface area (Å²) in [7, 11) is 0. The summed E-state index contributed by atoms with van der Waals surface area (Å²) in [5.74, 6) is 0.553. The lowest BCUT2D eigenvalue weighted by atomic mass is 10.1. The first-order chi connectivity index (χ1) is 13.2. The van der Waals surface area contributed by atoms with Crippen LogP contribution in [0.3, 0.4) is 0 Å². The largest absolute Gasteiger partial charge is 0.494 e. The first-order valence-corrected chi connectivity index (χ1v) is 9.86. The van der Waals surface area contributed by atoms with Crippen LogP contribution in [-0.2, 0) is 0 Å². The van der Waals surface area contributed by atoms with E-state index in [2.05, 4.69) is 17.1 Å². The molecule has 3 rings (SSSR count). The number of rotatable bonds is 7. The highest BCUT2D eigenvalue weighted by atomic mass is 16.5. The maximum atomic E-state index is 12.6. The molecule has 0 aliphatic carbocycles. The van der Waals surface area contributed by atoms with Gasteiger partial charge in [0, 0.05) is 24.3 Å². The molecule has 0 saturated carbocycles. The summed E-state index contributed by atoms with van der Waals surface area (Å²) in [5.41, 5.74) is 9.28. The Bertz CT molecular complexity index is 770. The SMILES string of the molecule is CCCCOc1cccc(C(=O)Nc2ccc(N3CCCCC3)c(N)c2)c1. The first kappa shape index (κ1) is 19.1. The highest BCUT2D eigenvalue weighted by molar-refractivity contribution is 6.04. The number of ether oxygens (including phenoxy) is 1. The summed E-state index contributed by atoms with van der Waals surface area (Å²) in [6.45, 7) is 4.87. The maximum absolute atomic E-state index is 12.6. The topological polar surface area (TPSA) is 67.6 Å².